The number of aryl methyl sites for hydroxylation is 1. The lowest BCUT2D eigenvalue weighted by molar-refractivity contribution is 0.489. The molecule has 90 valence electrons. The molecule has 1 rings (SSSR count). The van der Waals surface area contributed by atoms with Gasteiger partial charge in [0.25, 0.3) is 10.0 Å². The molecule has 0 spiro atoms. The number of hydrogen-bond acceptors (Lipinski definition) is 4. The van der Waals surface area contributed by atoms with E-state index in [-0.39, 0.29) is 10.8 Å². The van der Waals surface area contributed by atoms with Gasteiger partial charge in [-0.1, -0.05) is 0 Å². The highest BCUT2D eigenvalue weighted by Gasteiger charge is 2.23. The lowest BCUT2D eigenvalue weighted by atomic mass is 10.1. The number of sulfonamides is 1. The Balaban J connectivity index is 3.18. The van der Waals surface area contributed by atoms with E-state index in [0.29, 0.717) is 0 Å². The van der Waals surface area contributed by atoms with E-state index in [4.69, 9.17) is 5.73 Å². The smallest absolute Gasteiger partial charge is 0.258 e. The number of nitrogens with two attached hydrogens (primary N) is 1. The molecular weight excluding hydrogens is 226 g/mol. The fourth-order valence-electron chi connectivity index (χ4n) is 1.25. The number of nitrogens with zero attached hydrogens (tertiary/aromatic N) is 1. The molecule has 0 aliphatic rings. The average molecular weight is 243 g/mol. The van der Waals surface area contributed by atoms with Crippen molar-refractivity contribution in [3.8, 4) is 0 Å². The molecule has 1 aromatic heterocycles. The second kappa shape index (κ2) is 4.03. The number of pyridine rings is 1. The molecule has 6 heteroatoms. The van der Waals surface area contributed by atoms with Gasteiger partial charge in [-0.3, -0.25) is 0 Å². The van der Waals surface area contributed by atoms with Crippen LogP contribution in [0.1, 0.15) is 26.3 Å². The lowest BCUT2D eigenvalue weighted by Crippen LogP contribution is -2.40. The summed E-state index contributed by atoms with van der Waals surface area (Å²) >= 11 is 0. The first-order valence-electron chi connectivity index (χ1n) is 4.88. The zero-order chi connectivity index (χ0) is 12.6. The number of aromatic nitrogens is 1. The van der Waals surface area contributed by atoms with E-state index in [2.05, 4.69) is 9.71 Å². The number of nitrogen functional groups attached to an aromatic ring is 1. The summed E-state index contributed by atoms with van der Waals surface area (Å²) in [4.78, 5) is 3.82. The van der Waals surface area contributed by atoms with Crippen molar-refractivity contribution in [3.63, 3.8) is 0 Å². The van der Waals surface area contributed by atoms with E-state index in [9.17, 15) is 8.42 Å². The van der Waals surface area contributed by atoms with Gasteiger partial charge >= 0.3 is 0 Å². The van der Waals surface area contributed by atoms with Gasteiger partial charge in [-0.2, -0.15) is 0 Å². The Labute approximate surface area is 96.1 Å². The molecule has 0 saturated carbocycles. The summed E-state index contributed by atoms with van der Waals surface area (Å²) in [5, 5.41) is -0.0417. The molecule has 5 nitrogen and oxygen atoms in total. The van der Waals surface area contributed by atoms with Crippen LogP contribution in [-0.4, -0.2) is 18.9 Å². The normalized spacial score (nSPS) is 12.8. The first-order chi connectivity index (χ1) is 7.10. The maximum Gasteiger partial charge on any atom is 0.258 e. The summed E-state index contributed by atoms with van der Waals surface area (Å²) in [6, 6.07) is 3.11. The van der Waals surface area contributed by atoms with Gasteiger partial charge in [0.1, 0.15) is 5.82 Å². The van der Waals surface area contributed by atoms with E-state index >= 15 is 0 Å². The molecule has 0 aromatic carbocycles. The van der Waals surface area contributed by atoms with E-state index in [1.54, 1.807) is 33.8 Å². The SMILES string of the molecule is Cc1cc(N)nc(S(=O)(=O)NC(C)(C)C)c1. The highest BCUT2D eigenvalue weighted by atomic mass is 32.2. The van der Waals surface area contributed by atoms with Crippen LogP contribution in [0.3, 0.4) is 0 Å². The zero-order valence-corrected chi connectivity index (χ0v) is 10.7. The topological polar surface area (TPSA) is 85.1 Å². The molecule has 0 aliphatic carbocycles. The first-order valence-corrected chi connectivity index (χ1v) is 6.37. The minimum atomic E-state index is -3.60. The monoisotopic (exact) mass is 243 g/mol. The fourth-order valence-corrected chi connectivity index (χ4v) is 2.73. The van der Waals surface area contributed by atoms with Crippen LogP contribution in [0.25, 0.3) is 0 Å². The largest absolute Gasteiger partial charge is 0.384 e. The van der Waals surface area contributed by atoms with Crippen molar-refractivity contribution in [2.45, 2.75) is 38.3 Å². The minimum absolute atomic E-state index is 0.0417. The van der Waals surface area contributed by atoms with Crippen molar-refractivity contribution in [2.24, 2.45) is 0 Å². The minimum Gasteiger partial charge on any atom is -0.384 e. The van der Waals surface area contributed by atoms with Gasteiger partial charge in [0.15, 0.2) is 5.03 Å². The third-order valence-electron chi connectivity index (χ3n) is 1.68. The predicted octanol–water partition coefficient (Wildman–Crippen LogP) is 1.05. The van der Waals surface area contributed by atoms with Gasteiger partial charge in [0, 0.05) is 5.54 Å². The molecule has 16 heavy (non-hydrogen) atoms. The van der Waals surface area contributed by atoms with Crippen LogP contribution in [-0.2, 0) is 10.0 Å². The van der Waals surface area contributed by atoms with Crippen molar-refractivity contribution < 1.29 is 8.42 Å². The Morgan fingerprint density at radius 1 is 1.31 bits per heavy atom. The maximum absolute atomic E-state index is 11.9. The number of hydrogen-bond donors (Lipinski definition) is 2. The highest BCUT2D eigenvalue weighted by molar-refractivity contribution is 7.89. The summed E-state index contributed by atoms with van der Waals surface area (Å²) in [7, 11) is -3.60. The Bertz CT molecular complexity index is 469. The average Bonchev–Trinajstić information content (AvgIpc) is 1.96. The summed E-state index contributed by atoms with van der Waals surface area (Å²) < 4.78 is 26.4. The molecule has 0 amide bonds. The molecule has 0 bridgehead atoms. The van der Waals surface area contributed by atoms with Gasteiger partial charge in [0.2, 0.25) is 0 Å². The molecule has 0 saturated heterocycles. The molecule has 1 aromatic rings. The van der Waals surface area contributed by atoms with Crippen molar-refractivity contribution in [1.29, 1.82) is 0 Å². The number of nitrogens with one attached hydrogen (secondary N) is 1. The van der Waals surface area contributed by atoms with Crippen LogP contribution in [0.15, 0.2) is 17.2 Å². The van der Waals surface area contributed by atoms with Crippen LogP contribution in [0.5, 0.6) is 0 Å². The van der Waals surface area contributed by atoms with Crippen LogP contribution in [0.2, 0.25) is 0 Å². The van der Waals surface area contributed by atoms with Gasteiger partial charge in [-0.05, 0) is 45.4 Å². The van der Waals surface area contributed by atoms with Gasteiger partial charge < -0.3 is 5.73 Å². The third-order valence-corrected chi connectivity index (χ3v) is 3.32. The summed E-state index contributed by atoms with van der Waals surface area (Å²) in [5.74, 6) is 0.203. The molecule has 0 fully saturated rings. The second-order valence-electron chi connectivity index (χ2n) is 4.76. The quantitative estimate of drug-likeness (QED) is 0.813. The van der Waals surface area contributed by atoms with Crippen molar-refractivity contribution >= 4 is 15.8 Å². The molecule has 1 heterocycles. The number of anilines is 1. The van der Waals surface area contributed by atoms with Crippen molar-refractivity contribution in [2.75, 3.05) is 5.73 Å². The Kier molecular flexibility index (Phi) is 3.25. The van der Waals surface area contributed by atoms with Crippen molar-refractivity contribution in [1.82, 2.24) is 9.71 Å². The lowest BCUT2D eigenvalue weighted by Gasteiger charge is -2.20. The van der Waals surface area contributed by atoms with Gasteiger partial charge in [-0.25, -0.2) is 18.1 Å². The van der Waals surface area contributed by atoms with Gasteiger partial charge in [0.05, 0.1) is 0 Å². The molecule has 0 unspecified atom stereocenters. The zero-order valence-electron chi connectivity index (χ0n) is 9.90. The number of rotatable bonds is 2. The predicted molar refractivity (Wildman–Crippen MR) is 63.5 cm³/mol. The molecule has 0 radical (unpaired) electrons. The Morgan fingerprint density at radius 2 is 1.88 bits per heavy atom. The molecular formula is C10H17N3O2S. The summed E-state index contributed by atoms with van der Waals surface area (Å²) in [5.41, 5.74) is 5.74. The highest BCUT2D eigenvalue weighted by Crippen LogP contribution is 2.14. The third kappa shape index (κ3) is 3.46. The van der Waals surface area contributed by atoms with Crippen LogP contribution in [0.4, 0.5) is 5.82 Å². The standard InChI is InChI=1S/C10H17N3O2S/c1-7-5-8(11)12-9(6-7)16(14,15)13-10(2,3)4/h5-6,13H,1-4H3,(H2,11,12). The van der Waals surface area contributed by atoms with E-state index in [0.717, 1.165) is 5.56 Å². The Morgan fingerprint density at radius 3 is 2.31 bits per heavy atom. The summed E-state index contributed by atoms with van der Waals surface area (Å²) in [6.07, 6.45) is 0. The van der Waals surface area contributed by atoms with Crippen molar-refractivity contribution in [3.05, 3.63) is 17.7 Å². The summed E-state index contributed by atoms with van der Waals surface area (Å²) in [6.45, 7) is 7.07. The van der Waals surface area contributed by atoms with Crippen LogP contribution in [0, 0.1) is 6.92 Å². The molecule has 0 aliphatic heterocycles. The van der Waals surface area contributed by atoms with E-state index < -0.39 is 15.6 Å². The molecule has 0 atom stereocenters. The Hall–Kier alpha value is -1.14. The van der Waals surface area contributed by atoms with E-state index in [1.165, 1.54) is 6.07 Å². The van der Waals surface area contributed by atoms with Crippen LogP contribution >= 0.6 is 0 Å². The van der Waals surface area contributed by atoms with Gasteiger partial charge in [-0.15, -0.1) is 0 Å². The fraction of sp³-hybridized carbons (Fsp3) is 0.500. The maximum atomic E-state index is 11.9. The molecule has 3 N–H and O–H groups in total. The second-order valence-corrected chi connectivity index (χ2v) is 6.39. The van der Waals surface area contributed by atoms with Crippen LogP contribution < -0.4 is 10.5 Å². The first kappa shape index (κ1) is 12.9. The van der Waals surface area contributed by atoms with E-state index in [1.807, 2.05) is 0 Å².